The van der Waals surface area contributed by atoms with Crippen LogP contribution in [0.5, 0.6) is 0 Å². The van der Waals surface area contributed by atoms with E-state index in [1.54, 1.807) is 0 Å². The Morgan fingerprint density at radius 3 is 3.16 bits per heavy atom. The lowest BCUT2D eigenvalue weighted by atomic mass is 10.1. The summed E-state index contributed by atoms with van der Waals surface area (Å²) in [5.74, 6) is -0.0343. The van der Waals surface area contributed by atoms with Gasteiger partial charge in [-0.1, -0.05) is 29.5 Å². The summed E-state index contributed by atoms with van der Waals surface area (Å²) in [5.41, 5.74) is 2.25. The van der Waals surface area contributed by atoms with Crippen LogP contribution in [0.4, 0.5) is 0 Å². The number of hydrogen-bond donors (Lipinski definition) is 2. The Labute approximate surface area is 117 Å². The van der Waals surface area contributed by atoms with Crippen molar-refractivity contribution in [3.8, 4) is 0 Å². The van der Waals surface area contributed by atoms with E-state index in [1.165, 1.54) is 17.1 Å². The summed E-state index contributed by atoms with van der Waals surface area (Å²) in [5, 5.41) is 10.3. The number of carbonyl (C=O) groups is 1. The average molecular weight is 280 g/mol. The zero-order chi connectivity index (χ0) is 13.5. The van der Waals surface area contributed by atoms with Crippen LogP contribution >= 0.6 is 11.5 Å². The van der Waals surface area contributed by atoms with Gasteiger partial charge in [-0.15, -0.1) is 5.10 Å². The summed E-state index contributed by atoms with van der Waals surface area (Å²) in [6.45, 7) is 4.75. The lowest BCUT2D eigenvalue weighted by molar-refractivity contribution is 0.0957. The predicted molar refractivity (Wildman–Crippen MR) is 76.4 cm³/mol. The molecule has 1 aliphatic rings. The Bertz CT molecular complexity index is 455. The molecule has 0 radical (unpaired) electrons. The second kappa shape index (κ2) is 7.35. The van der Waals surface area contributed by atoms with Crippen LogP contribution in [0.25, 0.3) is 0 Å². The minimum atomic E-state index is -0.0343. The van der Waals surface area contributed by atoms with Crippen molar-refractivity contribution in [2.24, 2.45) is 0 Å². The average Bonchev–Trinajstić information content (AvgIpc) is 2.89. The first-order valence-electron chi connectivity index (χ1n) is 6.79. The van der Waals surface area contributed by atoms with Gasteiger partial charge in [-0.05, 0) is 37.3 Å². The second-order valence-corrected chi connectivity index (χ2v) is 5.38. The van der Waals surface area contributed by atoms with Crippen LogP contribution in [0, 0.1) is 0 Å². The molecular formula is C13H20N4OS. The number of nitrogens with zero attached hydrogens (tertiary/aromatic N) is 2. The largest absolute Gasteiger partial charge is 0.351 e. The zero-order valence-electron chi connectivity index (χ0n) is 11.2. The molecule has 0 fully saturated rings. The van der Waals surface area contributed by atoms with Crippen molar-refractivity contribution in [3.05, 3.63) is 22.2 Å². The molecule has 2 rings (SSSR count). The maximum Gasteiger partial charge on any atom is 0.264 e. The van der Waals surface area contributed by atoms with Gasteiger partial charge in [0.15, 0.2) is 0 Å². The van der Waals surface area contributed by atoms with Crippen molar-refractivity contribution in [2.45, 2.75) is 32.6 Å². The van der Waals surface area contributed by atoms with Crippen LogP contribution in [0.1, 0.15) is 41.6 Å². The van der Waals surface area contributed by atoms with Gasteiger partial charge < -0.3 is 10.6 Å². The fourth-order valence-corrected chi connectivity index (χ4v) is 2.72. The lowest BCUT2D eigenvalue weighted by Gasteiger charge is -2.14. The molecule has 1 aromatic rings. The highest BCUT2D eigenvalue weighted by molar-refractivity contribution is 7.08. The molecule has 1 amide bonds. The Morgan fingerprint density at radius 2 is 2.42 bits per heavy atom. The number of nitrogens with one attached hydrogen (secondary N) is 2. The highest BCUT2D eigenvalue weighted by Crippen LogP contribution is 2.13. The van der Waals surface area contributed by atoms with Crippen molar-refractivity contribution in [2.75, 3.05) is 19.6 Å². The Morgan fingerprint density at radius 1 is 1.53 bits per heavy atom. The third kappa shape index (κ3) is 4.11. The lowest BCUT2D eigenvalue weighted by Crippen LogP contribution is -2.26. The molecule has 0 aliphatic carbocycles. The quantitative estimate of drug-likeness (QED) is 0.776. The van der Waals surface area contributed by atoms with Crippen LogP contribution in [0.3, 0.4) is 0 Å². The van der Waals surface area contributed by atoms with E-state index >= 15 is 0 Å². The molecule has 2 heterocycles. The standard InChI is InChI=1S/C13H20N4OS/c1-2-3-11-12(19-17-16-11)13(18)15-9-6-10-4-7-14-8-5-10/h4,14H,2-3,5-9H2,1H3,(H,15,18). The van der Waals surface area contributed by atoms with Crippen molar-refractivity contribution in [1.29, 1.82) is 0 Å². The molecule has 0 aromatic carbocycles. The summed E-state index contributed by atoms with van der Waals surface area (Å²) in [6.07, 6.45) is 6.02. The monoisotopic (exact) mass is 280 g/mol. The smallest absolute Gasteiger partial charge is 0.264 e. The van der Waals surface area contributed by atoms with E-state index in [9.17, 15) is 4.79 Å². The molecule has 1 aliphatic heterocycles. The summed E-state index contributed by atoms with van der Waals surface area (Å²) >= 11 is 1.19. The first-order chi connectivity index (χ1) is 9.31. The molecule has 1 aromatic heterocycles. The molecule has 0 saturated carbocycles. The molecular weight excluding hydrogens is 260 g/mol. The summed E-state index contributed by atoms with van der Waals surface area (Å²) in [7, 11) is 0. The van der Waals surface area contributed by atoms with E-state index in [0.29, 0.717) is 11.4 Å². The molecule has 104 valence electrons. The number of carbonyl (C=O) groups excluding carboxylic acids is 1. The SMILES string of the molecule is CCCc1nnsc1C(=O)NCCC1=CCNCC1. The van der Waals surface area contributed by atoms with E-state index in [0.717, 1.165) is 44.5 Å². The van der Waals surface area contributed by atoms with Gasteiger partial charge >= 0.3 is 0 Å². The summed E-state index contributed by atoms with van der Waals surface area (Å²) in [4.78, 5) is 12.7. The van der Waals surface area contributed by atoms with E-state index < -0.39 is 0 Å². The molecule has 0 saturated heterocycles. The highest BCUT2D eigenvalue weighted by Gasteiger charge is 2.15. The molecule has 2 N–H and O–H groups in total. The maximum absolute atomic E-state index is 12.0. The number of amides is 1. The normalized spacial score (nSPS) is 15.1. The van der Waals surface area contributed by atoms with Crippen LogP contribution in [-0.2, 0) is 6.42 Å². The zero-order valence-corrected chi connectivity index (χ0v) is 12.1. The van der Waals surface area contributed by atoms with Gasteiger partial charge in [0.25, 0.3) is 5.91 Å². The highest BCUT2D eigenvalue weighted by atomic mass is 32.1. The van der Waals surface area contributed by atoms with Gasteiger partial charge in [-0.2, -0.15) is 0 Å². The number of aryl methyl sites for hydroxylation is 1. The molecule has 19 heavy (non-hydrogen) atoms. The fraction of sp³-hybridized carbons (Fsp3) is 0.615. The molecule has 0 bridgehead atoms. The van der Waals surface area contributed by atoms with Gasteiger partial charge in [0.1, 0.15) is 4.88 Å². The van der Waals surface area contributed by atoms with Crippen LogP contribution in [-0.4, -0.2) is 35.1 Å². The first kappa shape index (κ1) is 14.1. The minimum Gasteiger partial charge on any atom is -0.351 e. The second-order valence-electron chi connectivity index (χ2n) is 4.62. The topological polar surface area (TPSA) is 66.9 Å². The van der Waals surface area contributed by atoms with Gasteiger partial charge in [0.2, 0.25) is 0 Å². The number of hydrogen-bond acceptors (Lipinski definition) is 5. The van der Waals surface area contributed by atoms with Crippen LogP contribution < -0.4 is 10.6 Å². The number of aromatic nitrogens is 2. The van der Waals surface area contributed by atoms with Crippen molar-refractivity contribution >= 4 is 17.4 Å². The van der Waals surface area contributed by atoms with E-state index in [4.69, 9.17) is 0 Å². The van der Waals surface area contributed by atoms with Crippen LogP contribution in [0.2, 0.25) is 0 Å². The van der Waals surface area contributed by atoms with Gasteiger partial charge in [0, 0.05) is 13.1 Å². The number of rotatable bonds is 6. The van der Waals surface area contributed by atoms with Crippen molar-refractivity contribution in [3.63, 3.8) is 0 Å². The maximum atomic E-state index is 12.0. The Balaban J connectivity index is 1.80. The van der Waals surface area contributed by atoms with E-state index in [-0.39, 0.29) is 5.91 Å². The van der Waals surface area contributed by atoms with Gasteiger partial charge in [-0.25, -0.2) is 0 Å². The fourth-order valence-electron chi connectivity index (χ4n) is 2.09. The van der Waals surface area contributed by atoms with E-state index in [2.05, 4.69) is 33.2 Å². The van der Waals surface area contributed by atoms with Crippen LogP contribution in [0.15, 0.2) is 11.6 Å². The Hall–Kier alpha value is -1.27. The minimum absolute atomic E-state index is 0.0343. The molecule has 0 atom stereocenters. The van der Waals surface area contributed by atoms with Gasteiger partial charge in [0.05, 0.1) is 5.69 Å². The van der Waals surface area contributed by atoms with Gasteiger partial charge in [-0.3, -0.25) is 4.79 Å². The van der Waals surface area contributed by atoms with E-state index in [1.807, 2.05) is 0 Å². The summed E-state index contributed by atoms with van der Waals surface area (Å²) in [6, 6.07) is 0. The third-order valence-electron chi connectivity index (χ3n) is 3.14. The predicted octanol–water partition coefficient (Wildman–Crippen LogP) is 1.53. The van der Waals surface area contributed by atoms with Crippen molar-refractivity contribution in [1.82, 2.24) is 20.2 Å². The summed E-state index contributed by atoms with van der Waals surface area (Å²) < 4.78 is 3.87. The molecule has 5 nitrogen and oxygen atoms in total. The molecule has 6 heteroatoms. The molecule has 0 spiro atoms. The van der Waals surface area contributed by atoms with Crippen molar-refractivity contribution < 1.29 is 4.79 Å². The Kier molecular flexibility index (Phi) is 5.47. The molecule has 0 unspecified atom stereocenters. The first-order valence-corrected chi connectivity index (χ1v) is 7.56. The third-order valence-corrected chi connectivity index (χ3v) is 3.91.